The zero-order valence-corrected chi connectivity index (χ0v) is 14.0. The number of nitrogens with one attached hydrogen (secondary N) is 2. The predicted octanol–water partition coefficient (Wildman–Crippen LogP) is 3.04. The van der Waals surface area contributed by atoms with Crippen LogP contribution < -0.4 is 10.6 Å². The number of ether oxygens (including phenoxy) is 1. The minimum Gasteiger partial charge on any atom is -0.381 e. The Hall–Kier alpha value is -1.93. The largest absolute Gasteiger partial charge is 0.381 e. The molecule has 8 heteroatoms. The van der Waals surface area contributed by atoms with Gasteiger partial charge in [-0.15, -0.1) is 11.3 Å². The van der Waals surface area contributed by atoms with Gasteiger partial charge in [-0.25, -0.2) is 4.79 Å². The van der Waals surface area contributed by atoms with Crippen LogP contribution in [0.2, 0.25) is 0 Å². The molecule has 7 nitrogen and oxygen atoms in total. The van der Waals surface area contributed by atoms with Crippen LogP contribution in [-0.2, 0) is 4.74 Å². The van der Waals surface area contributed by atoms with Gasteiger partial charge in [-0.3, -0.25) is 0 Å². The highest BCUT2D eigenvalue weighted by Crippen LogP contribution is 2.29. The van der Waals surface area contributed by atoms with Crippen molar-refractivity contribution in [3.63, 3.8) is 0 Å². The van der Waals surface area contributed by atoms with Gasteiger partial charge in [0.1, 0.15) is 6.04 Å². The zero-order valence-electron chi connectivity index (χ0n) is 13.2. The van der Waals surface area contributed by atoms with Crippen molar-refractivity contribution < 1.29 is 14.1 Å². The van der Waals surface area contributed by atoms with Crippen molar-refractivity contribution in [1.29, 1.82) is 0 Å². The average molecular weight is 336 g/mol. The molecule has 2 amide bonds. The molecule has 0 bridgehead atoms. The zero-order chi connectivity index (χ0) is 16.2. The topological polar surface area (TPSA) is 89.3 Å². The predicted molar refractivity (Wildman–Crippen MR) is 86.5 cm³/mol. The Bertz CT molecular complexity index is 663. The van der Waals surface area contributed by atoms with Gasteiger partial charge in [-0.1, -0.05) is 5.16 Å². The molecule has 1 saturated heterocycles. The second kappa shape index (κ2) is 7.10. The number of urea groups is 1. The summed E-state index contributed by atoms with van der Waals surface area (Å²) >= 11 is 1.55. The van der Waals surface area contributed by atoms with Gasteiger partial charge < -0.3 is 19.9 Å². The number of thiophene rings is 1. The van der Waals surface area contributed by atoms with Crippen LogP contribution in [0, 0.1) is 19.8 Å². The molecule has 0 aromatic carbocycles. The molecule has 2 N–H and O–H groups in total. The molecule has 3 heterocycles. The Labute approximate surface area is 138 Å². The quantitative estimate of drug-likeness (QED) is 0.896. The van der Waals surface area contributed by atoms with Crippen molar-refractivity contribution in [3.05, 3.63) is 28.0 Å². The van der Waals surface area contributed by atoms with E-state index in [1.807, 2.05) is 17.7 Å². The van der Waals surface area contributed by atoms with E-state index in [1.165, 1.54) is 0 Å². The highest BCUT2D eigenvalue weighted by atomic mass is 32.1. The van der Waals surface area contributed by atoms with Crippen LogP contribution >= 0.6 is 11.3 Å². The lowest BCUT2D eigenvalue weighted by atomic mass is 9.91. The average Bonchev–Trinajstić information content (AvgIpc) is 3.15. The van der Waals surface area contributed by atoms with Crippen LogP contribution in [0.4, 0.5) is 10.5 Å². The number of aromatic nitrogens is 2. The summed E-state index contributed by atoms with van der Waals surface area (Å²) in [6, 6.07) is -0.571. The lowest BCUT2D eigenvalue weighted by Crippen LogP contribution is -2.38. The Kier molecular flexibility index (Phi) is 4.92. The van der Waals surface area contributed by atoms with E-state index in [2.05, 4.69) is 20.8 Å². The maximum absolute atomic E-state index is 12.4. The smallest absolute Gasteiger partial charge is 0.319 e. The number of nitrogens with zero attached hydrogens (tertiary/aromatic N) is 2. The first-order valence-electron chi connectivity index (χ1n) is 7.61. The van der Waals surface area contributed by atoms with Crippen molar-refractivity contribution in [2.45, 2.75) is 32.7 Å². The fraction of sp³-hybridized carbons (Fsp3) is 0.533. The number of hydrogen-bond acceptors (Lipinski definition) is 6. The first-order chi connectivity index (χ1) is 11.1. The fourth-order valence-corrected chi connectivity index (χ4v) is 3.44. The molecule has 1 atom stereocenters. The molecule has 0 spiro atoms. The molecule has 2 aromatic rings. The van der Waals surface area contributed by atoms with Gasteiger partial charge in [0.15, 0.2) is 5.82 Å². The van der Waals surface area contributed by atoms with Crippen LogP contribution in [0.25, 0.3) is 0 Å². The number of carbonyl (C=O) groups is 1. The molecule has 23 heavy (non-hydrogen) atoms. The minimum atomic E-state index is -0.306. The van der Waals surface area contributed by atoms with Crippen molar-refractivity contribution in [2.24, 2.45) is 5.92 Å². The van der Waals surface area contributed by atoms with Crippen molar-refractivity contribution in [1.82, 2.24) is 15.5 Å². The first-order valence-corrected chi connectivity index (χ1v) is 8.56. The van der Waals surface area contributed by atoms with E-state index in [4.69, 9.17) is 9.26 Å². The number of hydrogen-bond donors (Lipinski definition) is 2. The van der Waals surface area contributed by atoms with Crippen LogP contribution in [-0.4, -0.2) is 29.4 Å². The highest BCUT2D eigenvalue weighted by molar-refractivity contribution is 7.08. The summed E-state index contributed by atoms with van der Waals surface area (Å²) in [5, 5.41) is 13.6. The summed E-state index contributed by atoms with van der Waals surface area (Å²) in [6.45, 7) is 5.09. The lowest BCUT2D eigenvalue weighted by Gasteiger charge is -2.28. The van der Waals surface area contributed by atoms with Crippen molar-refractivity contribution in [2.75, 3.05) is 18.5 Å². The standard InChI is InChI=1S/C15H20N4O3S/c1-9-7-23-8-12(9)17-15(20)18-13(11-3-5-21-6-4-11)14-16-10(2)19-22-14/h7-8,11,13H,3-6H2,1-2H3,(H2,17,18,20). The minimum absolute atomic E-state index is 0.220. The molecule has 124 valence electrons. The van der Waals surface area contributed by atoms with Crippen LogP contribution in [0.15, 0.2) is 15.3 Å². The summed E-state index contributed by atoms with van der Waals surface area (Å²) in [7, 11) is 0. The maximum atomic E-state index is 12.4. The molecule has 3 rings (SSSR count). The monoisotopic (exact) mass is 336 g/mol. The molecule has 0 saturated carbocycles. The van der Waals surface area contributed by atoms with E-state index in [-0.39, 0.29) is 18.0 Å². The normalized spacial score (nSPS) is 17.0. The molecule has 1 fully saturated rings. The number of amides is 2. The Morgan fingerprint density at radius 2 is 2.13 bits per heavy atom. The van der Waals surface area contributed by atoms with Gasteiger partial charge >= 0.3 is 6.03 Å². The van der Waals surface area contributed by atoms with E-state index in [9.17, 15) is 4.79 Å². The molecular formula is C15H20N4O3S. The van der Waals surface area contributed by atoms with Crippen LogP contribution in [0.1, 0.15) is 36.2 Å². The summed E-state index contributed by atoms with van der Waals surface area (Å²) in [6.07, 6.45) is 1.70. The third-order valence-electron chi connectivity index (χ3n) is 3.94. The highest BCUT2D eigenvalue weighted by Gasteiger charge is 2.31. The van der Waals surface area contributed by atoms with Crippen LogP contribution in [0.3, 0.4) is 0 Å². The lowest BCUT2D eigenvalue weighted by molar-refractivity contribution is 0.0506. The Morgan fingerprint density at radius 1 is 1.35 bits per heavy atom. The molecule has 0 radical (unpaired) electrons. The van der Waals surface area contributed by atoms with E-state index in [0.29, 0.717) is 24.9 Å². The number of aryl methyl sites for hydroxylation is 2. The van der Waals surface area contributed by atoms with Gasteiger partial charge in [-0.2, -0.15) is 4.98 Å². The summed E-state index contributed by atoms with van der Waals surface area (Å²) in [5.74, 6) is 1.23. The number of carbonyl (C=O) groups excluding carboxylic acids is 1. The summed E-state index contributed by atoms with van der Waals surface area (Å²) < 4.78 is 10.7. The molecule has 1 unspecified atom stereocenters. The van der Waals surface area contributed by atoms with E-state index < -0.39 is 0 Å². The number of rotatable bonds is 4. The SMILES string of the molecule is Cc1noc(C(NC(=O)Nc2cscc2C)C2CCOCC2)n1. The second-order valence-corrected chi connectivity index (χ2v) is 6.42. The van der Waals surface area contributed by atoms with Gasteiger partial charge in [0.05, 0.1) is 5.69 Å². The van der Waals surface area contributed by atoms with Crippen molar-refractivity contribution in [3.8, 4) is 0 Å². The molecule has 1 aliphatic heterocycles. The second-order valence-electron chi connectivity index (χ2n) is 5.67. The molecule has 2 aromatic heterocycles. The van der Waals surface area contributed by atoms with E-state index in [0.717, 1.165) is 24.1 Å². The number of anilines is 1. The molecule has 1 aliphatic rings. The third-order valence-corrected chi connectivity index (χ3v) is 4.80. The van der Waals surface area contributed by atoms with Gasteiger partial charge in [-0.05, 0) is 43.6 Å². The van der Waals surface area contributed by atoms with Crippen LogP contribution in [0.5, 0.6) is 0 Å². The van der Waals surface area contributed by atoms with Gasteiger partial charge in [0, 0.05) is 18.6 Å². The maximum Gasteiger partial charge on any atom is 0.319 e. The Morgan fingerprint density at radius 3 is 2.74 bits per heavy atom. The summed E-state index contributed by atoms with van der Waals surface area (Å²) in [5.41, 5.74) is 1.86. The Balaban J connectivity index is 1.72. The first kappa shape index (κ1) is 15.9. The van der Waals surface area contributed by atoms with E-state index in [1.54, 1.807) is 18.3 Å². The fourth-order valence-electron chi connectivity index (χ4n) is 2.66. The van der Waals surface area contributed by atoms with E-state index >= 15 is 0 Å². The molecular weight excluding hydrogens is 316 g/mol. The van der Waals surface area contributed by atoms with Crippen molar-refractivity contribution >= 4 is 23.1 Å². The third kappa shape index (κ3) is 3.89. The van der Waals surface area contributed by atoms with Gasteiger partial charge in [0.25, 0.3) is 0 Å². The van der Waals surface area contributed by atoms with Gasteiger partial charge in [0.2, 0.25) is 5.89 Å². The molecule has 0 aliphatic carbocycles. The summed E-state index contributed by atoms with van der Waals surface area (Å²) in [4.78, 5) is 16.7.